The van der Waals surface area contributed by atoms with Gasteiger partial charge in [-0.05, 0) is 12.5 Å². The van der Waals surface area contributed by atoms with Crippen LogP contribution in [0, 0.1) is 6.92 Å². The molecule has 1 atom stereocenters. The highest BCUT2D eigenvalue weighted by Gasteiger charge is 2.14. The van der Waals surface area contributed by atoms with Gasteiger partial charge in [0, 0.05) is 0 Å². The normalized spacial score (nSPS) is 11.8. The summed E-state index contributed by atoms with van der Waals surface area (Å²) in [5, 5.41) is 8.76. The number of hydrogen-bond donors (Lipinski definition) is 3. The molecule has 0 aromatic heterocycles. The minimum Gasteiger partial charge on any atom is -0.481 e. The van der Waals surface area contributed by atoms with Gasteiger partial charge in [0.25, 0.3) is 0 Å². The summed E-state index contributed by atoms with van der Waals surface area (Å²) in [6, 6.07) is 6.92. The number of nitrogens with zero attached hydrogens (tertiary/aromatic N) is 1. The van der Waals surface area contributed by atoms with E-state index in [1.165, 1.54) is 0 Å². The Labute approximate surface area is 93.8 Å². The maximum atomic E-state index is 10.7. The van der Waals surface area contributed by atoms with E-state index in [0.29, 0.717) is 0 Å². The zero-order valence-corrected chi connectivity index (χ0v) is 9.05. The van der Waals surface area contributed by atoms with Gasteiger partial charge in [-0.1, -0.05) is 29.8 Å². The average molecular weight is 221 g/mol. The van der Waals surface area contributed by atoms with E-state index in [0.717, 1.165) is 11.1 Å². The number of hydrogen-bond acceptors (Lipinski definition) is 2. The fraction of sp³-hybridized carbons (Fsp3) is 0.273. The molecule has 0 spiro atoms. The van der Waals surface area contributed by atoms with Gasteiger partial charge in [0.05, 0.1) is 12.5 Å². The lowest BCUT2D eigenvalue weighted by Crippen LogP contribution is -2.24. The first-order valence-electron chi connectivity index (χ1n) is 4.86. The summed E-state index contributed by atoms with van der Waals surface area (Å²) < 4.78 is 0. The van der Waals surface area contributed by atoms with Gasteiger partial charge in [-0.3, -0.25) is 4.79 Å². The Hall–Kier alpha value is -2.04. The zero-order chi connectivity index (χ0) is 12.1. The first-order valence-corrected chi connectivity index (χ1v) is 4.86. The summed E-state index contributed by atoms with van der Waals surface area (Å²) in [5.41, 5.74) is 12.4. The Morgan fingerprint density at radius 2 is 1.94 bits per heavy atom. The number of carboxylic acids is 1. The highest BCUT2D eigenvalue weighted by Crippen LogP contribution is 2.21. The smallest absolute Gasteiger partial charge is 0.305 e. The topological polar surface area (TPSA) is 102 Å². The molecule has 0 saturated carbocycles. The minimum atomic E-state index is -0.935. The van der Waals surface area contributed by atoms with Gasteiger partial charge in [-0.25, -0.2) is 4.99 Å². The standard InChI is InChI=1S/C11H15N3O2/c1-7-2-4-8(5-3-7)9(6-10(15)16)14-11(12)13/h2-5,9H,6H2,1H3,(H,15,16)(H4,12,13,14). The molecule has 0 saturated heterocycles. The van der Waals surface area contributed by atoms with Gasteiger partial charge in [0.1, 0.15) is 0 Å². The van der Waals surface area contributed by atoms with Gasteiger partial charge < -0.3 is 16.6 Å². The summed E-state index contributed by atoms with van der Waals surface area (Å²) in [6.45, 7) is 1.95. The van der Waals surface area contributed by atoms with Crippen LogP contribution in [0.3, 0.4) is 0 Å². The fourth-order valence-electron chi connectivity index (χ4n) is 1.37. The van der Waals surface area contributed by atoms with Gasteiger partial charge in [0.15, 0.2) is 5.96 Å². The van der Waals surface area contributed by atoms with Crippen molar-refractivity contribution in [3.8, 4) is 0 Å². The molecule has 0 aliphatic heterocycles. The third-order valence-electron chi connectivity index (χ3n) is 2.14. The highest BCUT2D eigenvalue weighted by atomic mass is 16.4. The number of aliphatic imine (C=N–C) groups is 1. The molecule has 1 unspecified atom stereocenters. The summed E-state index contributed by atoms with van der Waals surface area (Å²) in [4.78, 5) is 14.6. The lowest BCUT2D eigenvalue weighted by molar-refractivity contribution is -0.137. The molecule has 86 valence electrons. The van der Waals surface area contributed by atoms with Crippen molar-refractivity contribution >= 4 is 11.9 Å². The summed E-state index contributed by atoms with van der Waals surface area (Å²) in [5.74, 6) is -1.04. The number of aliphatic carboxylic acids is 1. The quantitative estimate of drug-likeness (QED) is 0.516. The molecule has 0 amide bonds. The lowest BCUT2D eigenvalue weighted by Gasteiger charge is -2.11. The molecule has 0 radical (unpaired) electrons. The van der Waals surface area contributed by atoms with Crippen molar-refractivity contribution in [3.05, 3.63) is 35.4 Å². The Balaban J connectivity index is 2.96. The Kier molecular flexibility index (Phi) is 3.88. The predicted octanol–water partition coefficient (Wildman–Crippen LogP) is 0.784. The second-order valence-corrected chi connectivity index (χ2v) is 3.58. The zero-order valence-electron chi connectivity index (χ0n) is 9.05. The minimum absolute atomic E-state index is 0.105. The number of carbonyl (C=O) groups is 1. The highest BCUT2D eigenvalue weighted by molar-refractivity contribution is 5.76. The van der Waals surface area contributed by atoms with Crippen LogP contribution < -0.4 is 11.5 Å². The molecule has 0 bridgehead atoms. The van der Waals surface area contributed by atoms with Crippen LogP contribution in [-0.2, 0) is 4.79 Å². The molecule has 1 aromatic carbocycles. The third-order valence-corrected chi connectivity index (χ3v) is 2.14. The van der Waals surface area contributed by atoms with E-state index in [1.807, 2.05) is 31.2 Å². The van der Waals surface area contributed by atoms with Crippen molar-refractivity contribution in [3.63, 3.8) is 0 Å². The molecule has 0 fully saturated rings. The van der Waals surface area contributed by atoms with Crippen molar-refractivity contribution < 1.29 is 9.90 Å². The van der Waals surface area contributed by atoms with Crippen LogP contribution >= 0.6 is 0 Å². The second kappa shape index (κ2) is 5.16. The number of guanidine groups is 1. The van der Waals surface area contributed by atoms with Gasteiger partial charge in [-0.15, -0.1) is 0 Å². The van der Waals surface area contributed by atoms with E-state index < -0.39 is 12.0 Å². The molecule has 0 aliphatic carbocycles. The summed E-state index contributed by atoms with van der Waals surface area (Å²) in [7, 11) is 0. The molecule has 0 aliphatic rings. The summed E-state index contributed by atoms with van der Waals surface area (Å²) in [6.07, 6.45) is -0.124. The number of nitrogens with two attached hydrogens (primary N) is 2. The van der Waals surface area contributed by atoms with Crippen molar-refractivity contribution in [1.29, 1.82) is 0 Å². The van der Waals surface area contributed by atoms with Crippen molar-refractivity contribution in [2.75, 3.05) is 0 Å². The monoisotopic (exact) mass is 221 g/mol. The van der Waals surface area contributed by atoms with Crippen molar-refractivity contribution in [1.82, 2.24) is 0 Å². The number of benzene rings is 1. The van der Waals surface area contributed by atoms with Crippen LogP contribution in [0.2, 0.25) is 0 Å². The van der Waals surface area contributed by atoms with E-state index in [9.17, 15) is 4.79 Å². The van der Waals surface area contributed by atoms with Crippen LogP contribution in [0.25, 0.3) is 0 Å². The van der Waals surface area contributed by atoms with Gasteiger partial charge >= 0.3 is 5.97 Å². The van der Waals surface area contributed by atoms with E-state index in [-0.39, 0.29) is 12.4 Å². The van der Waals surface area contributed by atoms with Crippen LogP contribution in [-0.4, -0.2) is 17.0 Å². The van der Waals surface area contributed by atoms with Gasteiger partial charge in [0.2, 0.25) is 0 Å². The molecule has 5 N–H and O–H groups in total. The maximum absolute atomic E-state index is 10.7. The molecule has 1 rings (SSSR count). The Morgan fingerprint density at radius 1 is 1.38 bits per heavy atom. The fourth-order valence-corrected chi connectivity index (χ4v) is 1.37. The molecule has 5 nitrogen and oxygen atoms in total. The van der Waals surface area contributed by atoms with Crippen LogP contribution in [0.1, 0.15) is 23.6 Å². The third kappa shape index (κ3) is 3.61. The maximum Gasteiger partial charge on any atom is 0.305 e. The van der Waals surface area contributed by atoms with E-state index in [2.05, 4.69) is 4.99 Å². The predicted molar refractivity (Wildman–Crippen MR) is 62.0 cm³/mol. The number of aryl methyl sites for hydroxylation is 1. The van der Waals surface area contributed by atoms with Crippen LogP contribution in [0.5, 0.6) is 0 Å². The van der Waals surface area contributed by atoms with Crippen molar-refractivity contribution in [2.24, 2.45) is 16.5 Å². The second-order valence-electron chi connectivity index (χ2n) is 3.58. The summed E-state index contributed by atoms with van der Waals surface area (Å²) >= 11 is 0. The Morgan fingerprint density at radius 3 is 2.38 bits per heavy atom. The van der Waals surface area contributed by atoms with Crippen molar-refractivity contribution in [2.45, 2.75) is 19.4 Å². The molecular weight excluding hydrogens is 206 g/mol. The first-order chi connectivity index (χ1) is 7.49. The van der Waals surface area contributed by atoms with E-state index in [1.54, 1.807) is 0 Å². The molecule has 16 heavy (non-hydrogen) atoms. The SMILES string of the molecule is Cc1ccc(C(CC(=O)O)N=C(N)N)cc1. The molecular formula is C11H15N3O2. The average Bonchev–Trinajstić information content (AvgIpc) is 2.16. The van der Waals surface area contributed by atoms with Crippen LogP contribution in [0.15, 0.2) is 29.3 Å². The largest absolute Gasteiger partial charge is 0.481 e. The molecule has 5 heteroatoms. The van der Waals surface area contributed by atoms with Gasteiger partial charge in [-0.2, -0.15) is 0 Å². The molecule has 1 aromatic rings. The lowest BCUT2D eigenvalue weighted by atomic mass is 10.0. The molecule has 0 heterocycles. The Bertz CT molecular complexity index is 394. The van der Waals surface area contributed by atoms with E-state index >= 15 is 0 Å². The van der Waals surface area contributed by atoms with E-state index in [4.69, 9.17) is 16.6 Å². The number of rotatable bonds is 4. The first kappa shape index (κ1) is 12.0. The van der Waals surface area contributed by atoms with Crippen LogP contribution in [0.4, 0.5) is 0 Å². The number of carboxylic acid groups (broad SMARTS) is 1.